The lowest BCUT2D eigenvalue weighted by atomic mass is 10.3. The third-order valence-corrected chi connectivity index (χ3v) is 2.95. The van der Waals surface area contributed by atoms with Crippen molar-refractivity contribution in [3.05, 3.63) is 30.1 Å². The molecular weight excluding hydrogens is 247 g/mol. The molecule has 0 radical (unpaired) electrons. The Morgan fingerprint density at radius 2 is 2.11 bits per heavy atom. The number of halogens is 1. The molecule has 0 bridgehead atoms. The first-order chi connectivity index (χ1) is 9.25. The molecule has 0 unspecified atom stereocenters. The molecule has 1 saturated carbocycles. The number of ether oxygens (including phenoxy) is 1. The summed E-state index contributed by atoms with van der Waals surface area (Å²) in [5.74, 6) is 0.563. The van der Waals surface area contributed by atoms with Crippen LogP contribution in [-0.4, -0.2) is 25.7 Å². The minimum absolute atomic E-state index is 0.141. The molecule has 19 heavy (non-hydrogen) atoms. The van der Waals surface area contributed by atoms with Crippen LogP contribution in [0.3, 0.4) is 0 Å². The number of urea groups is 1. The van der Waals surface area contributed by atoms with E-state index in [1.165, 1.54) is 18.9 Å². The maximum absolute atomic E-state index is 13.2. The lowest BCUT2D eigenvalue weighted by Crippen LogP contribution is -2.37. The number of hydrogen-bond donors (Lipinski definition) is 2. The quantitative estimate of drug-likeness (QED) is 0.744. The zero-order valence-electron chi connectivity index (χ0n) is 10.8. The summed E-state index contributed by atoms with van der Waals surface area (Å²) < 4.78 is 18.5. The van der Waals surface area contributed by atoms with Gasteiger partial charge in [0.05, 0.1) is 6.61 Å². The molecule has 0 heterocycles. The molecule has 0 aromatic heterocycles. The number of nitrogens with one attached hydrogen (secondary N) is 2. The van der Waals surface area contributed by atoms with Crippen molar-refractivity contribution >= 4 is 6.03 Å². The van der Waals surface area contributed by atoms with Gasteiger partial charge in [-0.25, -0.2) is 9.18 Å². The smallest absolute Gasteiger partial charge is 0.314 e. The number of para-hydroxylation sites is 1. The van der Waals surface area contributed by atoms with Crippen molar-refractivity contribution in [2.75, 3.05) is 19.7 Å². The highest BCUT2D eigenvalue weighted by Gasteiger charge is 2.21. The van der Waals surface area contributed by atoms with Gasteiger partial charge in [0.2, 0.25) is 0 Å². The molecule has 0 saturated heterocycles. The van der Waals surface area contributed by atoms with E-state index in [1.54, 1.807) is 18.2 Å². The van der Waals surface area contributed by atoms with Crippen LogP contribution in [0.1, 0.15) is 19.3 Å². The van der Waals surface area contributed by atoms with Crippen LogP contribution >= 0.6 is 0 Å². The van der Waals surface area contributed by atoms with Crippen LogP contribution in [0.5, 0.6) is 5.75 Å². The first kappa shape index (κ1) is 13.6. The Morgan fingerprint density at radius 3 is 2.84 bits per heavy atom. The van der Waals surface area contributed by atoms with Gasteiger partial charge in [0, 0.05) is 13.1 Å². The van der Waals surface area contributed by atoms with Crippen LogP contribution in [0.25, 0.3) is 0 Å². The van der Waals surface area contributed by atoms with E-state index in [4.69, 9.17) is 4.74 Å². The van der Waals surface area contributed by atoms with Crippen molar-refractivity contribution in [1.29, 1.82) is 0 Å². The van der Waals surface area contributed by atoms with Gasteiger partial charge >= 0.3 is 6.03 Å². The fourth-order valence-electron chi connectivity index (χ4n) is 1.64. The van der Waals surface area contributed by atoms with Crippen molar-refractivity contribution in [2.45, 2.75) is 19.3 Å². The summed E-state index contributed by atoms with van der Waals surface area (Å²) in [7, 11) is 0. The van der Waals surface area contributed by atoms with Crippen molar-refractivity contribution in [1.82, 2.24) is 10.6 Å². The van der Waals surface area contributed by atoms with E-state index in [1.807, 2.05) is 0 Å². The van der Waals surface area contributed by atoms with Crippen LogP contribution in [0.4, 0.5) is 9.18 Å². The molecule has 1 fully saturated rings. The summed E-state index contributed by atoms with van der Waals surface area (Å²) in [5.41, 5.74) is 0. The Bertz CT molecular complexity index is 422. The molecular formula is C14H19FN2O2. The van der Waals surface area contributed by atoms with Gasteiger partial charge in [-0.2, -0.15) is 0 Å². The van der Waals surface area contributed by atoms with E-state index in [2.05, 4.69) is 10.6 Å². The lowest BCUT2D eigenvalue weighted by molar-refractivity contribution is 0.238. The van der Waals surface area contributed by atoms with Gasteiger partial charge in [-0.3, -0.25) is 0 Å². The zero-order chi connectivity index (χ0) is 13.5. The van der Waals surface area contributed by atoms with Crippen LogP contribution in [0.2, 0.25) is 0 Å². The highest BCUT2D eigenvalue weighted by molar-refractivity contribution is 5.73. The third-order valence-electron chi connectivity index (χ3n) is 2.95. The van der Waals surface area contributed by atoms with Crippen LogP contribution < -0.4 is 15.4 Å². The highest BCUT2D eigenvalue weighted by Crippen LogP contribution is 2.27. The van der Waals surface area contributed by atoms with Crippen molar-refractivity contribution in [2.24, 2.45) is 5.92 Å². The molecule has 1 aliphatic carbocycles. The van der Waals surface area contributed by atoms with Gasteiger partial charge in [0.1, 0.15) is 0 Å². The fraction of sp³-hybridized carbons (Fsp3) is 0.500. The predicted molar refractivity (Wildman–Crippen MR) is 70.6 cm³/mol. The van der Waals surface area contributed by atoms with Gasteiger partial charge in [-0.05, 0) is 37.3 Å². The molecule has 2 amide bonds. The standard InChI is InChI=1S/C14H19FN2O2/c15-12-4-1-2-5-13(12)19-9-3-8-16-14(18)17-10-11-6-7-11/h1-2,4-5,11H,3,6-10H2,(H2,16,17,18). The van der Waals surface area contributed by atoms with Gasteiger partial charge in [0.25, 0.3) is 0 Å². The Hall–Kier alpha value is -1.78. The van der Waals surface area contributed by atoms with E-state index in [0.29, 0.717) is 25.5 Å². The first-order valence-electron chi connectivity index (χ1n) is 6.65. The van der Waals surface area contributed by atoms with Gasteiger partial charge in [-0.15, -0.1) is 0 Å². The second kappa shape index (κ2) is 6.97. The Kier molecular flexibility index (Phi) is 5.01. The molecule has 1 aliphatic rings. The monoisotopic (exact) mass is 266 g/mol. The van der Waals surface area contributed by atoms with Crippen LogP contribution in [0, 0.1) is 11.7 Å². The minimum atomic E-state index is -0.363. The molecule has 104 valence electrons. The number of rotatable bonds is 7. The van der Waals surface area contributed by atoms with E-state index in [-0.39, 0.29) is 17.6 Å². The summed E-state index contributed by atoms with van der Waals surface area (Å²) in [6, 6.07) is 6.15. The lowest BCUT2D eigenvalue weighted by Gasteiger charge is -2.08. The van der Waals surface area contributed by atoms with Crippen LogP contribution in [-0.2, 0) is 0 Å². The van der Waals surface area contributed by atoms with E-state index in [0.717, 1.165) is 6.54 Å². The molecule has 1 aromatic rings. The highest BCUT2D eigenvalue weighted by atomic mass is 19.1. The molecule has 2 rings (SSSR count). The molecule has 0 aliphatic heterocycles. The van der Waals surface area contributed by atoms with E-state index >= 15 is 0 Å². The number of benzene rings is 1. The normalized spacial score (nSPS) is 13.9. The van der Waals surface area contributed by atoms with Gasteiger partial charge < -0.3 is 15.4 Å². The number of hydrogen-bond acceptors (Lipinski definition) is 2. The SMILES string of the molecule is O=C(NCCCOc1ccccc1F)NCC1CC1. The Labute approximate surface area is 112 Å². The summed E-state index contributed by atoms with van der Waals surface area (Å²) in [6.07, 6.45) is 3.08. The van der Waals surface area contributed by atoms with E-state index in [9.17, 15) is 9.18 Å². The van der Waals surface area contributed by atoms with E-state index < -0.39 is 0 Å². The van der Waals surface area contributed by atoms with Crippen molar-refractivity contribution < 1.29 is 13.9 Å². The van der Waals surface area contributed by atoms with Crippen LogP contribution in [0.15, 0.2) is 24.3 Å². The maximum Gasteiger partial charge on any atom is 0.314 e. The fourth-order valence-corrected chi connectivity index (χ4v) is 1.64. The van der Waals surface area contributed by atoms with Crippen molar-refractivity contribution in [3.63, 3.8) is 0 Å². The molecule has 5 heteroatoms. The number of amides is 2. The predicted octanol–water partition coefficient (Wildman–Crippen LogP) is 2.30. The molecule has 0 spiro atoms. The van der Waals surface area contributed by atoms with Gasteiger partial charge in [0.15, 0.2) is 11.6 Å². The Balaban J connectivity index is 1.51. The topological polar surface area (TPSA) is 50.4 Å². The average Bonchev–Trinajstić information content (AvgIpc) is 3.22. The second-order valence-electron chi connectivity index (χ2n) is 4.71. The number of carbonyl (C=O) groups excluding carboxylic acids is 1. The summed E-state index contributed by atoms with van der Waals surface area (Å²) in [6.45, 7) is 1.66. The number of carbonyl (C=O) groups is 1. The summed E-state index contributed by atoms with van der Waals surface area (Å²) >= 11 is 0. The third kappa shape index (κ3) is 5.16. The average molecular weight is 266 g/mol. The maximum atomic E-state index is 13.2. The molecule has 0 atom stereocenters. The first-order valence-corrected chi connectivity index (χ1v) is 6.65. The van der Waals surface area contributed by atoms with Crippen molar-refractivity contribution in [3.8, 4) is 5.75 Å². The minimum Gasteiger partial charge on any atom is -0.490 e. The largest absolute Gasteiger partial charge is 0.490 e. The summed E-state index contributed by atoms with van der Waals surface area (Å²) in [4.78, 5) is 11.3. The zero-order valence-corrected chi connectivity index (χ0v) is 10.8. The molecule has 4 nitrogen and oxygen atoms in total. The second-order valence-corrected chi connectivity index (χ2v) is 4.71. The van der Waals surface area contributed by atoms with Gasteiger partial charge in [-0.1, -0.05) is 12.1 Å². The molecule has 1 aromatic carbocycles. The molecule has 2 N–H and O–H groups in total. The summed E-state index contributed by atoms with van der Waals surface area (Å²) in [5, 5.41) is 5.55. The Morgan fingerprint density at radius 1 is 1.32 bits per heavy atom.